The van der Waals surface area contributed by atoms with E-state index in [4.69, 9.17) is 15.9 Å². The summed E-state index contributed by atoms with van der Waals surface area (Å²) in [6.07, 6.45) is 1.46. The minimum Gasteiger partial charge on any atom is -0.461 e. The van der Waals surface area contributed by atoms with Crippen LogP contribution in [0.5, 0.6) is 0 Å². The summed E-state index contributed by atoms with van der Waals surface area (Å²) in [7, 11) is 0. The Morgan fingerprint density at radius 3 is 2.71 bits per heavy atom. The zero-order valence-corrected chi connectivity index (χ0v) is 12.8. The van der Waals surface area contributed by atoms with Gasteiger partial charge in [-0.25, -0.2) is 14.1 Å². The Kier molecular flexibility index (Phi) is 2.89. The van der Waals surface area contributed by atoms with Gasteiger partial charge in [0.15, 0.2) is 17.5 Å². The highest BCUT2D eigenvalue weighted by molar-refractivity contribution is 5.96. The first kappa shape index (κ1) is 14.3. The molecule has 7 nitrogen and oxygen atoms in total. The molecule has 24 heavy (non-hydrogen) atoms. The third kappa shape index (κ3) is 1.82. The van der Waals surface area contributed by atoms with Crippen LogP contribution in [-0.4, -0.2) is 15.7 Å². The minimum atomic E-state index is -1.41. The highest BCUT2D eigenvalue weighted by Gasteiger charge is 2.46. The van der Waals surface area contributed by atoms with Gasteiger partial charge in [0.05, 0.1) is 11.9 Å². The summed E-state index contributed by atoms with van der Waals surface area (Å²) in [5.74, 6) is 1.12. The van der Waals surface area contributed by atoms with Crippen molar-refractivity contribution >= 4 is 17.5 Å². The molecular weight excluding hydrogens is 311 g/mol. The lowest BCUT2D eigenvalue weighted by atomic mass is 9.96. The number of halogens is 1. The molecule has 1 aliphatic rings. The quantitative estimate of drug-likeness (QED) is 0.667. The van der Waals surface area contributed by atoms with Gasteiger partial charge < -0.3 is 21.2 Å². The number of aromatic nitrogens is 2. The Morgan fingerprint density at radius 2 is 2.00 bits per heavy atom. The molecule has 0 aliphatic carbocycles. The fraction of sp³-hybridized carbons (Fsp3) is 0.125. The van der Waals surface area contributed by atoms with E-state index in [1.165, 1.54) is 16.9 Å². The van der Waals surface area contributed by atoms with Crippen LogP contribution >= 0.6 is 0 Å². The maximum absolute atomic E-state index is 14.7. The molecule has 8 heteroatoms. The van der Waals surface area contributed by atoms with Gasteiger partial charge in [-0.2, -0.15) is 5.10 Å². The van der Waals surface area contributed by atoms with Crippen LogP contribution in [0.15, 0.2) is 52.0 Å². The molecule has 1 aliphatic heterocycles. The van der Waals surface area contributed by atoms with E-state index in [1.54, 1.807) is 37.3 Å². The number of hydrogen-bond acceptors (Lipinski definition) is 6. The minimum absolute atomic E-state index is 0.0898. The first-order valence-electron chi connectivity index (χ1n) is 7.30. The van der Waals surface area contributed by atoms with Gasteiger partial charge in [-0.15, -0.1) is 0 Å². The SMILES string of the molecule is Cc1ccc(C2(c3ccccc3F)N=C(N)Nc3c(N)cnn32)o1. The molecule has 1 unspecified atom stereocenters. The molecule has 0 fully saturated rings. The van der Waals surface area contributed by atoms with Crippen molar-refractivity contribution in [2.75, 3.05) is 11.1 Å². The lowest BCUT2D eigenvalue weighted by molar-refractivity contribution is 0.308. The molecule has 3 aromatic rings. The predicted octanol–water partition coefficient (Wildman–Crippen LogP) is 2.00. The van der Waals surface area contributed by atoms with E-state index in [2.05, 4.69) is 15.4 Å². The highest BCUT2D eigenvalue weighted by Crippen LogP contribution is 2.42. The summed E-state index contributed by atoms with van der Waals surface area (Å²) in [6, 6.07) is 9.80. The Bertz CT molecular complexity index is 959. The lowest BCUT2D eigenvalue weighted by Gasteiger charge is -2.34. The Morgan fingerprint density at radius 1 is 1.21 bits per heavy atom. The third-order valence-electron chi connectivity index (χ3n) is 3.97. The molecule has 3 heterocycles. The van der Waals surface area contributed by atoms with Crippen LogP contribution < -0.4 is 16.8 Å². The van der Waals surface area contributed by atoms with Crippen molar-refractivity contribution in [1.82, 2.24) is 9.78 Å². The fourth-order valence-electron chi connectivity index (χ4n) is 2.93. The van der Waals surface area contributed by atoms with Crippen LogP contribution in [0.3, 0.4) is 0 Å². The zero-order valence-electron chi connectivity index (χ0n) is 12.8. The molecule has 0 radical (unpaired) electrons. The number of nitrogens with two attached hydrogens (primary N) is 2. The second-order valence-corrected chi connectivity index (χ2v) is 5.54. The summed E-state index contributed by atoms with van der Waals surface area (Å²) in [5, 5.41) is 7.16. The number of hydrogen-bond donors (Lipinski definition) is 3. The van der Waals surface area contributed by atoms with Crippen molar-refractivity contribution in [3.8, 4) is 0 Å². The van der Waals surface area contributed by atoms with E-state index in [-0.39, 0.29) is 11.5 Å². The van der Waals surface area contributed by atoms with E-state index in [1.807, 2.05) is 0 Å². The normalized spacial score (nSPS) is 19.5. The molecule has 5 N–H and O–H groups in total. The molecule has 0 spiro atoms. The number of fused-ring (bicyclic) bond motifs is 1. The highest BCUT2D eigenvalue weighted by atomic mass is 19.1. The largest absolute Gasteiger partial charge is 0.461 e. The molecule has 0 bridgehead atoms. The average molecular weight is 326 g/mol. The second-order valence-electron chi connectivity index (χ2n) is 5.54. The molecule has 122 valence electrons. The van der Waals surface area contributed by atoms with Crippen molar-refractivity contribution < 1.29 is 8.81 Å². The monoisotopic (exact) mass is 326 g/mol. The standard InChI is InChI=1S/C16H15FN6O/c1-9-6-7-13(24-9)16(10-4-2-3-5-11(10)17)22-15(19)21-14-12(18)8-20-23(14)16/h2-8H,18H2,1H3,(H3,19,21,22). The third-order valence-corrected chi connectivity index (χ3v) is 3.97. The van der Waals surface area contributed by atoms with E-state index in [0.717, 1.165) is 0 Å². The summed E-state index contributed by atoms with van der Waals surface area (Å²) < 4.78 is 22.0. The van der Waals surface area contributed by atoms with E-state index >= 15 is 0 Å². The van der Waals surface area contributed by atoms with Crippen LogP contribution in [0.1, 0.15) is 17.1 Å². The van der Waals surface area contributed by atoms with Crippen molar-refractivity contribution in [2.45, 2.75) is 12.6 Å². The topological polar surface area (TPSA) is 107 Å². The van der Waals surface area contributed by atoms with Crippen LogP contribution in [0.2, 0.25) is 0 Å². The number of aryl methyl sites for hydroxylation is 1. The van der Waals surface area contributed by atoms with E-state index in [9.17, 15) is 4.39 Å². The number of benzene rings is 1. The molecular formula is C16H15FN6O. The summed E-state index contributed by atoms with van der Waals surface area (Å²) in [5.41, 5.74) is 11.1. The number of furan rings is 1. The summed E-state index contributed by atoms with van der Waals surface area (Å²) in [6.45, 7) is 1.80. The summed E-state index contributed by atoms with van der Waals surface area (Å²) in [4.78, 5) is 4.48. The van der Waals surface area contributed by atoms with Crippen molar-refractivity contribution in [3.63, 3.8) is 0 Å². The predicted molar refractivity (Wildman–Crippen MR) is 87.9 cm³/mol. The number of nitrogens with one attached hydrogen (secondary N) is 1. The zero-order chi connectivity index (χ0) is 16.9. The first-order valence-corrected chi connectivity index (χ1v) is 7.30. The van der Waals surface area contributed by atoms with Gasteiger partial charge in [0, 0.05) is 5.56 Å². The molecule has 1 aromatic carbocycles. The Balaban J connectivity index is 2.12. The Labute approximate surface area is 136 Å². The molecule has 0 amide bonds. The number of nitrogens with zero attached hydrogens (tertiary/aromatic N) is 3. The smallest absolute Gasteiger partial charge is 0.243 e. The maximum Gasteiger partial charge on any atom is 0.243 e. The van der Waals surface area contributed by atoms with E-state index < -0.39 is 11.5 Å². The molecule has 1 atom stereocenters. The molecule has 2 aromatic heterocycles. The van der Waals surface area contributed by atoms with Gasteiger partial charge in [-0.1, -0.05) is 18.2 Å². The van der Waals surface area contributed by atoms with Crippen molar-refractivity contribution in [2.24, 2.45) is 10.7 Å². The van der Waals surface area contributed by atoms with Gasteiger partial charge >= 0.3 is 0 Å². The van der Waals surface area contributed by atoms with Crippen molar-refractivity contribution in [3.05, 3.63) is 65.5 Å². The van der Waals surface area contributed by atoms with Gasteiger partial charge in [0.2, 0.25) is 5.66 Å². The molecule has 0 saturated heterocycles. The van der Waals surface area contributed by atoms with Gasteiger partial charge in [-0.3, -0.25) is 0 Å². The summed E-state index contributed by atoms with van der Waals surface area (Å²) >= 11 is 0. The number of anilines is 2. The van der Waals surface area contributed by atoms with Crippen LogP contribution in [-0.2, 0) is 5.66 Å². The van der Waals surface area contributed by atoms with E-state index in [0.29, 0.717) is 23.0 Å². The first-order chi connectivity index (χ1) is 11.5. The number of aliphatic imine (C=N–C) groups is 1. The fourth-order valence-corrected chi connectivity index (χ4v) is 2.93. The van der Waals surface area contributed by atoms with Crippen LogP contribution in [0.25, 0.3) is 0 Å². The van der Waals surface area contributed by atoms with Crippen LogP contribution in [0.4, 0.5) is 15.9 Å². The lowest BCUT2D eigenvalue weighted by Crippen LogP contribution is -2.44. The maximum atomic E-state index is 14.7. The number of guanidine groups is 1. The average Bonchev–Trinajstić information content (AvgIpc) is 3.14. The molecule has 4 rings (SSSR count). The molecule has 0 saturated carbocycles. The Hall–Kier alpha value is -3.29. The second kappa shape index (κ2) is 4.85. The van der Waals surface area contributed by atoms with Gasteiger partial charge in [0.1, 0.15) is 11.6 Å². The number of nitrogen functional groups attached to an aromatic ring is 1. The number of rotatable bonds is 2. The van der Waals surface area contributed by atoms with Crippen LogP contribution in [0, 0.1) is 12.7 Å². The van der Waals surface area contributed by atoms with Gasteiger partial charge in [0.25, 0.3) is 0 Å². The van der Waals surface area contributed by atoms with Gasteiger partial charge in [-0.05, 0) is 25.1 Å². The van der Waals surface area contributed by atoms with Crippen molar-refractivity contribution in [1.29, 1.82) is 0 Å².